The molecule has 1 heterocycles. The van der Waals surface area contributed by atoms with E-state index in [0.717, 1.165) is 24.3 Å². The molecule has 0 amide bonds. The van der Waals surface area contributed by atoms with Crippen LogP contribution < -0.4 is 9.62 Å². The van der Waals surface area contributed by atoms with Crippen molar-refractivity contribution in [3.63, 3.8) is 0 Å². The summed E-state index contributed by atoms with van der Waals surface area (Å²) in [6, 6.07) is 6.72. The van der Waals surface area contributed by atoms with Gasteiger partial charge in [-0.05, 0) is 42.0 Å². The molecule has 1 N–H and O–H groups in total. The van der Waals surface area contributed by atoms with Crippen LogP contribution in [0, 0.1) is 0 Å². The molecule has 1 aromatic carbocycles. The van der Waals surface area contributed by atoms with E-state index in [-0.39, 0.29) is 11.4 Å². The minimum atomic E-state index is -4.50. The third kappa shape index (κ3) is 4.45. The summed E-state index contributed by atoms with van der Waals surface area (Å²) in [5.41, 5.74) is -0.213. The highest BCUT2D eigenvalue weighted by atomic mass is 32.2. The number of pyridine rings is 1. The van der Waals surface area contributed by atoms with Gasteiger partial charge in [0.25, 0.3) is 0 Å². The number of benzene rings is 1. The molecular weight excluding hydrogens is 343 g/mol. The first-order valence-corrected chi connectivity index (χ1v) is 8.37. The maximum atomic E-state index is 12.5. The Kier molecular flexibility index (Phi) is 5.14. The number of hydrogen-bond donors (Lipinski definition) is 1. The summed E-state index contributed by atoms with van der Waals surface area (Å²) in [4.78, 5) is 5.66. The highest BCUT2D eigenvalue weighted by Crippen LogP contribution is 2.29. The average molecular weight is 359 g/mol. The van der Waals surface area contributed by atoms with Crippen molar-refractivity contribution in [2.24, 2.45) is 0 Å². The van der Waals surface area contributed by atoms with Gasteiger partial charge in [-0.2, -0.15) is 13.2 Å². The second-order valence-electron chi connectivity index (χ2n) is 5.26. The molecule has 24 heavy (non-hydrogen) atoms. The molecule has 0 aliphatic rings. The topological polar surface area (TPSA) is 62.3 Å². The van der Waals surface area contributed by atoms with Crippen molar-refractivity contribution in [3.05, 3.63) is 53.7 Å². The minimum Gasteiger partial charge on any atom is -0.363 e. The standard InChI is InChI=1S/C15H16F3N3O2S/c1-21(2)14-9-11(7-8-19-14)10-20-24(22,23)13-5-3-12(4-6-13)15(16,17)18/h3-9,20H,10H2,1-2H3. The van der Waals surface area contributed by atoms with Gasteiger partial charge in [0.2, 0.25) is 10.0 Å². The molecule has 0 fully saturated rings. The van der Waals surface area contributed by atoms with Crippen molar-refractivity contribution in [3.8, 4) is 0 Å². The van der Waals surface area contributed by atoms with Crippen LogP contribution in [0.1, 0.15) is 11.1 Å². The Labute approximate surface area is 138 Å². The van der Waals surface area contributed by atoms with Gasteiger partial charge in [-0.3, -0.25) is 0 Å². The zero-order chi connectivity index (χ0) is 18.0. The summed E-state index contributed by atoms with van der Waals surface area (Å²) in [6.45, 7) is 0.00666. The molecule has 0 atom stereocenters. The van der Waals surface area contributed by atoms with E-state index in [4.69, 9.17) is 0 Å². The number of nitrogens with zero attached hydrogens (tertiary/aromatic N) is 2. The molecule has 1 aromatic heterocycles. The molecule has 0 bridgehead atoms. The zero-order valence-corrected chi connectivity index (χ0v) is 13.8. The lowest BCUT2D eigenvalue weighted by atomic mass is 10.2. The Hall–Kier alpha value is -2.13. The van der Waals surface area contributed by atoms with E-state index in [2.05, 4.69) is 9.71 Å². The third-order valence-corrected chi connectivity index (χ3v) is 4.64. The van der Waals surface area contributed by atoms with Crippen LogP contribution in [-0.4, -0.2) is 27.5 Å². The average Bonchev–Trinajstić information content (AvgIpc) is 2.52. The smallest absolute Gasteiger partial charge is 0.363 e. The van der Waals surface area contributed by atoms with E-state index in [9.17, 15) is 21.6 Å². The Balaban J connectivity index is 2.13. The Morgan fingerprint density at radius 2 is 1.75 bits per heavy atom. The molecule has 2 aromatic rings. The lowest BCUT2D eigenvalue weighted by molar-refractivity contribution is -0.137. The molecule has 0 spiro atoms. The second-order valence-corrected chi connectivity index (χ2v) is 7.03. The monoisotopic (exact) mass is 359 g/mol. The minimum absolute atomic E-state index is 0.00666. The zero-order valence-electron chi connectivity index (χ0n) is 13.0. The number of nitrogens with one attached hydrogen (secondary N) is 1. The summed E-state index contributed by atoms with van der Waals surface area (Å²) >= 11 is 0. The first-order chi connectivity index (χ1) is 11.1. The molecule has 5 nitrogen and oxygen atoms in total. The first kappa shape index (κ1) is 18.2. The van der Waals surface area contributed by atoms with Gasteiger partial charge in [-0.25, -0.2) is 18.1 Å². The predicted octanol–water partition coefficient (Wildman–Crippen LogP) is 2.64. The number of anilines is 1. The SMILES string of the molecule is CN(C)c1cc(CNS(=O)(=O)c2ccc(C(F)(F)F)cc2)ccn1. The molecule has 9 heteroatoms. The summed E-state index contributed by atoms with van der Waals surface area (Å²) in [7, 11) is -0.297. The van der Waals surface area contributed by atoms with Crippen molar-refractivity contribution >= 4 is 15.8 Å². The second kappa shape index (κ2) is 6.78. The normalized spacial score (nSPS) is 12.2. The quantitative estimate of drug-likeness (QED) is 0.892. The number of rotatable bonds is 5. The van der Waals surface area contributed by atoms with Gasteiger partial charge < -0.3 is 4.90 Å². The van der Waals surface area contributed by atoms with Gasteiger partial charge in [0, 0.05) is 26.8 Å². The number of halogens is 3. The Morgan fingerprint density at radius 1 is 1.12 bits per heavy atom. The van der Waals surface area contributed by atoms with Crippen LogP contribution in [0.5, 0.6) is 0 Å². The van der Waals surface area contributed by atoms with Crippen LogP contribution in [0.25, 0.3) is 0 Å². The fourth-order valence-corrected chi connectivity index (χ4v) is 2.92. The van der Waals surface area contributed by atoms with Gasteiger partial charge in [0.15, 0.2) is 0 Å². The Bertz CT molecular complexity index is 803. The summed E-state index contributed by atoms with van der Waals surface area (Å²) in [5, 5.41) is 0. The molecule has 0 aliphatic carbocycles. The number of aromatic nitrogens is 1. The molecular formula is C15H16F3N3O2S. The first-order valence-electron chi connectivity index (χ1n) is 6.89. The number of sulfonamides is 1. The molecule has 0 saturated heterocycles. The van der Waals surface area contributed by atoms with Crippen LogP contribution in [0.3, 0.4) is 0 Å². The summed E-state index contributed by atoms with van der Waals surface area (Å²) in [6.07, 6.45) is -2.95. The van der Waals surface area contributed by atoms with E-state index in [1.807, 2.05) is 0 Å². The Morgan fingerprint density at radius 3 is 2.29 bits per heavy atom. The number of alkyl halides is 3. The van der Waals surface area contributed by atoms with Gasteiger partial charge >= 0.3 is 6.18 Å². The van der Waals surface area contributed by atoms with Gasteiger partial charge in [-0.1, -0.05) is 0 Å². The maximum Gasteiger partial charge on any atom is 0.416 e. The van der Waals surface area contributed by atoms with Gasteiger partial charge in [0.05, 0.1) is 10.5 Å². The van der Waals surface area contributed by atoms with E-state index in [1.54, 1.807) is 37.3 Å². The van der Waals surface area contributed by atoms with Crippen LogP contribution in [0.4, 0.5) is 19.0 Å². The van der Waals surface area contributed by atoms with Crippen molar-refractivity contribution in [2.45, 2.75) is 17.6 Å². The fourth-order valence-electron chi connectivity index (χ4n) is 1.90. The lowest BCUT2D eigenvalue weighted by Gasteiger charge is -2.13. The maximum absolute atomic E-state index is 12.5. The molecule has 2 rings (SSSR count). The fraction of sp³-hybridized carbons (Fsp3) is 0.267. The molecule has 0 radical (unpaired) electrons. The van der Waals surface area contributed by atoms with Crippen LogP contribution in [-0.2, 0) is 22.7 Å². The molecule has 130 valence electrons. The molecule has 0 aliphatic heterocycles. The molecule has 0 saturated carbocycles. The van der Waals surface area contributed by atoms with E-state index in [1.165, 1.54) is 0 Å². The van der Waals surface area contributed by atoms with Gasteiger partial charge in [-0.15, -0.1) is 0 Å². The lowest BCUT2D eigenvalue weighted by Crippen LogP contribution is -2.23. The van der Waals surface area contributed by atoms with Crippen molar-refractivity contribution in [1.29, 1.82) is 0 Å². The highest BCUT2D eigenvalue weighted by molar-refractivity contribution is 7.89. The summed E-state index contributed by atoms with van der Waals surface area (Å²) < 4.78 is 64.2. The van der Waals surface area contributed by atoms with E-state index < -0.39 is 21.8 Å². The van der Waals surface area contributed by atoms with E-state index >= 15 is 0 Å². The third-order valence-electron chi connectivity index (χ3n) is 3.23. The van der Waals surface area contributed by atoms with E-state index in [0.29, 0.717) is 11.4 Å². The van der Waals surface area contributed by atoms with Crippen molar-refractivity contribution in [2.75, 3.05) is 19.0 Å². The number of hydrogen-bond acceptors (Lipinski definition) is 4. The molecule has 0 unspecified atom stereocenters. The van der Waals surface area contributed by atoms with Crippen LogP contribution in [0.2, 0.25) is 0 Å². The van der Waals surface area contributed by atoms with Crippen LogP contribution >= 0.6 is 0 Å². The summed E-state index contributed by atoms with van der Waals surface area (Å²) in [5.74, 6) is 0.668. The van der Waals surface area contributed by atoms with Crippen molar-refractivity contribution in [1.82, 2.24) is 9.71 Å². The largest absolute Gasteiger partial charge is 0.416 e. The van der Waals surface area contributed by atoms with Crippen LogP contribution in [0.15, 0.2) is 47.5 Å². The van der Waals surface area contributed by atoms with Crippen molar-refractivity contribution < 1.29 is 21.6 Å². The highest BCUT2D eigenvalue weighted by Gasteiger charge is 2.30. The van der Waals surface area contributed by atoms with Gasteiger partial charge in [0.1, 0.15) is 5.82 Å². The predicted molar refractivity (Wildman–Crippen MR) is 84.0 cm³/mol.